The fourth-order valence-electron chi connectivity index (χ4n) is 6.95. The third-order valence-corrected chi connectivity index (χ3v) is 10.1. The summed E-state index contributed by atoms with van der Waals surface area (Å²) in [6.07, 6.45) is 8.76. The molecule has 6 aromatic rings. The molecular formula is C39H25N3S. The van der Waals surface area contributed by atoms with Crippen molar-refractivity contribution >= 4 is 42.9 Å². The van der Waals surface area contributed by atoms with Crippen LogP contribution in [0, 0.1) is 22.7 Å². The van der Waals surface area contributed by atoms with E-state index in [0.29, 0.717) is 11.1 Å². The van der Waals surface area contributed by atoms with Crippen molar-refractivity contribution in [2.24, 2.45) is 0 Å². The SMILES string of the molecule is CC12C=CC=CC1c1ccccc1N2c1cc(C#N)cc(-c2cc(C#N)cc(-c3cccc4c3sc3ccccc34)c2)c1. The van der Waals surface area contributed by atoms with Crippen LogP contribution in [0.25, 0.3) is 42.4 Å². The van der Waals surface area contributed by atoms with E-state index in [4.69, 9.17) is 0 Å². The molecule has 2 unspecified atom stereocenters. The third kappa shape index (κ3) is 3.85. The van der Waals surface area contributed by atoms with Crippen LogP contribution < -0.4 is 4.90 Å². The second-order valence-corrected chi connectivity index (χ2v) is 12.5. The highest BCUT2D eigenvalue weighted by Gasteiger charge is 2.46. The summed E-state index contributed by atoms with van der Waals surface area (Å²) in [7, 11) is 0. The second kappa shape index (κ2) is 9.57. The topological polar surface area (TPSA) is 50.8 Å². The van der Waals surface area contributed by atoms with Gasteiger partial charge in [-0.2, -0.15) is 10.5 Å². The van der Waals surface area contributed by atoms with E-state index < -0.39 is 0 Å². The Bertz CT molecular complexity index is 2260. The Kier molecular flexibility index (Phi) is 5.63. The van der Waals surface area contributed by atoms with E-state index in [1.54, 1.807) is 11.3 Å². The maximum atomic E-state index is 10.1. The Morgan fingerprint density at radius 3 is 2.30 bits per heavy atom. The van der Waals surface area contributed by atoms with Gasteiger partial charge in [-0.3, -0.25) is 0 Å². The van der Waals surface area contributed by atoms with Gasteiger partial charge < -0.3 is 4.90 Å². The molecule has 0 saturated carbocycles. The van der Waals surface area contributed by atoms with Crippen LogP contribution in [-0.2, 0) is 0 Å². The van der Waals surface area contributed by atoms with Gasteiger partial charge in [0.15, 0.2) is 0 Å². The van der Waals surface area contributed by atoms with Crippen LogP contribution in [0.5, 0.6) is 0 Å². The zero-order chi connectivity index (χ0) is 29.1. The molecule has 1 aliphatic carbocycles. The van der Waals surface area contributed by atoms with Gasteiger partial charge in [0.2, 0.25) is 0 Å². The number of benzene rings is 5. The smallest absolute Gasteiger partial charge is 0.0992 e. The molecule has 2 aliphatic rings. The summed E-state index contributed by atoms with van der Waals surface area (Å²) in [4.78, 5) is 2.37. The minimum absolute atomic E-state index is 0.207. The van der Waals surface area contributed by atoms with Gasteiger partial charge in [0, 0.05) is 37.5 Å². The lowest BCUT2D eigenvalue weighted by molar-refractivity contribution is 0.542. The van der Waals surface area contributed by atoms with Crippen molar-refractivity contribution in [2.45, 2.75) is 18.4 Å². The Labute approximate surface area is 254 Å². The molecule has 1 aliphatic heterocycles. The molecule has 202 valence electrons. The molecule has 43 heavy (non-hydrogen) atoms. The zero-order valence-corrected chi connectivity index (χ0v) is 24.3. The van der Waals surface area contributed by atoms with E-state index in [2.05, 4.69) is 127 Å². The summed E-state index contributed by atoms with van der Waals surface area (Å²) < 4.78 is 2.46. The molecule has 3 nitrogen and oxygen atoms in total. The summed E-state index contributed by atoms with van der Waals surface area (Å²) in [6, 6.07) is 40.4. The molecule has 0 N–H and O–H groups in total. The van der Waals surface area contributed by atoms with Gasteiger partial charge in [-0.25, -0.2) is 0 Å². The van der Waals surface area contributed by atoms with Crippen molar-refractivity contribution in [3.8, 4) is 34.4 Å². The van der Waals surface area contributed by atoms with E-state index >= 15 is 0 Å². The number of para-hydroxylation sites is 1. The lowest BCUT2D eigenvalue weighted by Crippen LogP contribution is -2.42. The van der Waals surface area contributed by atoms with Gasteiger partial charge >= 0.3 is 0 Å². The molecule has 5 aromatic carbocycles. The Morgan fingerprint density at radius 1 is 0.721 bits per heavy atom. The van der Waals surface area contributed by atoms with Crippen LogP contribution in [0.2, 0.25) is 0 Å². The summed E-state index contributed by atoms with van der Waals surface area (Å²) >= 11 is 1.78. The van der Waals surface area contributed by atoms with Gasteiger partial charge in [-0.15, -0.1) is 11.3 Å². The molecule has 0 bridgehead atoms. The van der Waals surface area contributed by atoms with Crippen LogP contribution in [0.15, 0.2) is 127 Å². The monoisotopic (exact) mass is 567 g/mol. The van der Waals surface area contributed by atoms with Gasteiger partial charge in [0.05, 0.1) is 28.8 Å². The molecular weight excluding hydrogens is 543 g/mol. The number of rotatable bonds is 3. The highest BCUT2D eigenvalue weighted by Crippen LogP contribution is 2.54. The molecule has 1 aromatic heterocycles. The molecule has 4 heteroatoms. The molecule has 0 radical (unpaired) electrons. The van der Waals surface area contributed by atoms with Crippen LogP contribution >= 0.6 is 11.3 Å². The Balaban J connectivity index is 1.32. The highest BCUT2D eigenvalue weighted by atomic mass is 32.1. The van der Waals surface area contributed by atoms with Crippen LogP contribution in [0.3, 0.4) is 0 Å². The van der Waals surface area contributed by atoms with Crippen LogP contribution in [-0.4, -0.2) is 5.54 Å². The second-order valence-electron chi connectivity index (χ2n) is 11.4. The van der Waals surface area contributed by atoms with E-state index in [1.807, 2.05) is 24.3 Å². The molecule has 0 fully saturated rings. The number of hydrogen-bond acceptors (Lipinski definition) is 4. The normalized spacial score (nSPS) is 18.4. The minimum atomic E-state index is -0.305. The predicted octanol–water partition coefficient (Wildman–Crippen LogP) is 10.3. The standard InChI is InChI=1S/C39H25N3S/c1-39-16-7-6-13-35(39)34-10-2-4-14-36(34)42(39)30-20-26(24-41)18-28(22-30)27-17-25(23-40)19-29(21-27)31-11-8-12-33-32-9-3-5-15-37(32)43-38(31)33/h2-22,35H,1H3. The molecule has 8 rings (SSSR count). The number of allylic oxidation sites excluding steroid dienone is 2. The third-order valence-electron chi connectivity index (χ3n) is 8.89. The van der Waals surface area contributed by atoms with E-state index in [1.165, 1.54) is 25.7 Å². The van der Waals surface area contributed by atoms with Crippen molar-refractivity contribution in [3.05, 3.63) is 144 Å². The van der Waals surface area contributed by atoms with Crippen molar-refractivity contribution in [1.29, 1.82) is 10.5 Å². The number of anilines is 2. The molecule has 0 spiro atoms. The number of nitrogens with zero attached hydrogens (tertiary/aromatic N) is 3. The minimum Gasteiger partial charge on any atom is -0.331 e. The van der Waals surface area contributed by atoms with Crippen molar-refractivity contribution in [3.63, 3.8) is 0 Å². The first-order valence-corrected chi connectivity index (χ1v) is 15.2. The fraction of sp³-hybridized carbons (Fsp3) is 0.0769. The average Bonchev–Trinajstić information content (AvgIpc) is 3.56. The largest absolute Gasteiger partial charge is 0.331 e. The quantitative estimate of drug-likeness (QED) is 0.214. The first-order valence-electron chi connectivity index (χ1n) is 14.3. The van der Waals surface area contributed by atoms with Gasteiger partial charge in [0.25, 0.3) is 0 Å². The lowest BCUT2D eigenvalue weighted by Gasteiger charge is -2.39. The average molecular weight is 568 g/mol. The fourth-order valence-corrected chi connectivity index (χ4v) is 8.19. The zero-order valence-electron chi connectivity index (χ0n) is 23.5. The Morgan fingerprint density at radius 2 is 1.44 bits per heavy atom. The lowest BCUT2D eigenvalue weighted by atomic mass is 9.80. The van der Waals surface area contributed by atoms with Gasteiger partial charge in [-0.05, 0) is 83.3 Å². The van der Waals surface area contributed by atoms with E-state index in [-0.39, 0.29) is 11.5 Å². The maximum Gasteiger partial charge on any atom is 0.0992 e. The van der Waals surface area contributed by atoms with Gasteiger partial charge in [-0.1, -0.05) is 78.9 Å². The molecule has 2 heterocycles. The number of fused-ring (bicyclic) bond motifs is 6. The first kappa shape index (κ1) is 25.3. The van der Waals surface area contributed by atoms with Crippen molar-refractivity contribution in [2.75, 3.05) is 4.90 Å². The van der Waals surface area contributed by atoms with Crippen LogP contribution in [0.4, 0.5) is 11.4 Å². The van der Waals surface area contributed by atoms with Crippen molar-refractivity contribution in [1.82, 2.24) is 0 Å². The molecule has 2 atom stereocenters. The predicted molar refractivity (Wildman–Crippen MR) is 178 cm³/mol. The highest BCUT2D eigenvalue weighted by molar-refractivity contribution is 7.26. The Hall–Kier alpha value is -5.42. The summed E-state index contributed by atoms with van der Waals surface area (Å²) in [5.41, 5.74) is 8.19. The summed E-state index contributed by atoms with van der Waals surface area (Å²) in [6.45, 7) is 2.26. The summed E-state index contributed by atoms with van der Waals surface area (Å²) in [5, 5.41) is 22.7. The van der Waals surface area contributed by atoms with E-state index in [9.17, 15) is 10.5 Å². The maximum absolute atomic E-state index is 10.1. The molecule has 0 saturated heterocycles. The molecule has 0 amide bonds. The van der Waals surface area contributed by atoms with Crippen LogP contribution in [0.1, 0.15) is 29.5 Å². The number of nitriles is 2. The van der Waals surface area contributed by atoms with Gasteiger partial charge in [0.1, 0.15) is 0 Å². The number of hydrogen-bond donors (Lipinski definition) is 0. The van der Waals surface area contributed by atoms with E-state index in [0.717, 1.165) is 33.6 Å². The summed E-state index contributed by atoms with van der Waals surface area (Å²) in [5.74, 6) is 0.207. The van der Waals surface area contributed by atoms with Crippen molar-refractivity contribution < 1.29 is 0 Å². The first-order chi connectivity index (χ1) is 21.1. The number of thiophene rings is 1.